The summed E-state index contributed by atoms with van der Waals surface area (Å²) in [7, 11) is 0. The molecule has 0 saturated heterocycles. The number of hydrogen-bond acceptors (Lipinski definition) is 4. The molecule has 0 amide bonds. The second kappa shape index (κ2) is 33.5. The molecule has 12 rings (SSSR count). The molecule has 0 N–H and O–H groups in total. The van der Waals surface area contributed by atoms with Crippen LogP contribution in [0.15, 0.2) is 218 Å². The van der Waals surface area contributed by atoms with E-state index in [2.05, 4.69) is 86.7 Å². The van der Waals surface area contributed by atoms with Gasteiger partial charge in [0.25, 0.3) is 0 Å². The van der Waals surface area contributed by atoms with E-state index in [0.717, 1.165) is 61.2 Å². The third kappa shape index (κ3) is 18.4. The molecule has 0 unspecified atom stereocenters. The first kappa shape index (κ1) is 64.5. The Balaban J connectivity index is 0.000000193. The topological polar surface area (TPSA) is 51.6 Å². The van der Waals surface area contributed by atoms with Gasteiger partial charge >= 0.3 is 0 Å². The fourth-order valence-corrected chi connectivity index (χ4v) is 8.85. The molecular weight excluding hydrogens is 1720 g/mol. The maximum Gasteiger partial charge on any atom is 0.132 e. The third-order valence-corrected chi connectivity index (χ3v) is 12.5. The van der Waals surface area contributed by atoms with Crippen molar-refractivity contribution in [1.29, 1.82) is 0 Å². The number of halogens is 4. The van der Waals surface area contributed by atoms with E-state index in [1.54, 1.807) is 18.2 Å². The van der Waals surface area contributed by atoms with Crippen LogP contribution in [0.25, 0.3) is 43.1 Å². The molecule has 4 nitrogen and oxygen atoms in total. The van der Waals surface area contributed by atoms with Crippen LogP contribution in [0.4, 0.5) is 17.6 Å². The van der Waals surface area contributed by atoms with Gasteiger partial charge in [0.2, 0.25) is 0 Å². The smallest absolute Gasteiger partial charge is 0.132 e. The zero-order valence-electron chi connectivity index (χ0n) is 43.1. The zero-order valence-corrected chi connectivity index (χ0v) is 52.7. The minimum atomic E-state index is -0.535. The Bertz CT molecular complexity index is 3690. The van der Waals surface area contributed by atoms with Crippen molar-refractivity contribution in [2.24, 2.45) is 0 Å². The average molecular weight is 1770 g/mol. The number of benzene rings is 8. The Morgan fingerprint density at radius 2 is 0.838 bits per heavy atom. The fourth-order valence-electron chi connectivity index (χ4n) is 8.85. The molecule has 80 heavy (non-hydrogen) atoms. The van der Waals surface area contributed by atoms with Crippen molar-refractivity contribution in [1.82, 2.24) is 19.9 Å². The van der Waals surface area contributed by atoms with Crippen LogP contribution in [-0.4, -0.2) is 19.9 Å². The van der Waals surface area contributed by atoms with E-state index in [4.69, 9.17) is 0 Å². The third-order valence-electron chi connectivity index (χ3n) is 12.5. The number of alkyl halides is 4. The molecule has 0 aliphatic carbocycles. The number of nitrogens with zero attached hydrogens (tertiary/aromatic N) is 4. The van der Waals surface area contributed by atoms with Gasteiger partial charge in [0.15, 0.2) is 0 Å². The summed E-state index contributed by atoms with van der Waals surface area (Å²) in [6.45, 7) is -2.09. The number of fused-ring (bicyclic) bond motifs is 4. The summed E-state index contributed by atoms with van der Waals surface area (Å²) in [5.74, 6) is 0. The van der Waals surface area contributed by atoms with Crippen LogP contribution >= 0.6 is 0 Å². The molecule has 0 aliphatic rings. The maximum absolute atomic E-state index is 13.1. The van der Waals surface area contributed by atoms with Gasteiger partial charge in [-0.25, -0.2) is 17.6 Å². The SMILES string of the molecule is FCc1cccc(Cc2[c-]c3ccccc3cc2)n1.FCc1cccc(Cc2[c-]cc3ccccc3c2)n1.FCc1cccc(Cc2[c-]ccc3ccccc23)n1.FCc1nc(Cc2[c-]cccc2)cc2ccccc12.[Ir].[Ir].[Ir].[Ir]. The summed E-state index contributed by atoms with van der Waals surface area (Å²) in [6, 6.07) is 83.8. The second-order valence-electron chi connectivity index (χ2n) is 18.0. The first-order valence-corrected chi connectivity index (χ1v) is 25.0. The van der Waals surface area contributed by atoms with Crippen LogP contribution in [0, 0.1) is 24.3 Å². The first-order chi connectivity index (χ1) is 37.4. The van der Waals surface area contributed by atoms with E-state index in [9.17, 15) is 17.6 Å². The predicted molar refractivity (Wildman–Crippen MR) is 299 cm³/mol. The normalized spacial score (nSPS) is 10.2. The van der Waals surface area contributed by atoms with Crippen LogP contribution in [0.5, 0.6) is 0 Å². The van der Waals surface area contributed by atoms with Gasteiger partial charge in [0.05, 0.1) is 22.8 Å². The molecule has 4 radical (unpaired) electrons. The second-order valence-corrected chi connectivity index (χ2v) is 18.0. The van der Waals surface area contributed by atoms with Gasteiger partial charge in [-0.15, -0.1) is 85.9 Å². The quantitative estimate of drug-likeness (QED) is 0.0903. The van der Waals surface area contributed by atoms with Crippen LogP contribution in [0.3, 0.4) is 0 Å². The Kier molecular flexibility index (Phi) is 27.0. The molecule has 0 saturated carbocycles. The van der Waals surface area contributed by atoms with Crippen molar-refractivity contribution in [2.45, 2.75) is 52.4 Å². The Morgan fingerprint density at radius 3 is 1.46 bits per heavy atom. The van der Waals surface area contributed by atoms with E-state index < -0.39 is 26.7 Å². The van der Waals surface area contributed by atoms with E-state index in [1.807, 2.05) is 158 Å². The molecule has 8 aromatic carbocycles. The largest absolute Gasteiger partial charge is 0.255 e. The van der Waals surface area contributed by atoms with Crippen LogP contribution in [-0.2, 0) is 133 Å². The molecule has 4 aromatic heterocycles. The fraction of sp³-hybridized carbons (Fsp3) is 0.118. The van der Waals surface area contributed by atoms with Crippen LogP contribution in [0.1, 0.15) is 67.8 Å². The molecule has 0 fully saturated rings. The molecule has 0 bridgehead atoms. The monoisotopic (exact) mass is 1770 g/mol. The van der Waals surface area contributed by atoms with Gasteiger partial charge < -0.3 is 0 Å². The molecule has 4 heterocycles. The van der Waals surface area contributed by atoms with Gasteiger partial charge in [0, 0.05) is 109 Å². The Labute approximate surface area is 519 Å². The number of aromatic nitrogens is 4. The van der Waals surface area contributed by atoms with Crippen molar-refractivity contribution in [3.05, 3.63) is 310 Å². The predicted octanol–water partition coefficient (Wildman–Crippen LogP) is 16.4. The molecule has 12 heteroatoms. The summed E-state index contributed by atoms with van der Waals surface area (Å²) in [6.07, 6.45) is 2.71. The molecule has 0 atom stereocenters. The molecular formula is C68H52F4Ir4N4-4. The maximum atomic E-state index is 13.1. The minimum absolute atomic E-state index is 0. The molecule has 0 spiro atoms. The van der Waals surface area contributed by atoms with Gasteiger partial charge in [-0.2, -0.15) is 77.9 Å². The summed E-state index contributed by atoms with van der Waals surface area (Å²) < 4.78 is 50.9. The zero-order chi connectivity index (χ0) is 52.3. The Morgan fingerprint density at radius 1 is 0.312 bits per heavy atom. The van der Waals surface area contributed by atoms with Crippen molar-refractivity contribution >= 4 is 43.1 Å². The minimum Gasteiger partial charge on any atom is -0.255 e. The van der Waals surface area contributed by atoms with E-state index in [1.165, 1.54) is 26.9 Å². The summed E-state index contributed by atoms with van der Waals surface area (Å²) in [4.78, 5) is 17.3. The molecule has 0 aliphatic heterocycles. The van der Waals surface area contributed by atoms with Crippen LogP contribution in [0.2, 0.25) is 0 Å². The van der Waals surface area contributed by atoms with Gasteiger partial charge in [-0.05, 0) is 73.5 Å². The van der Waals surface area contributed by atoms with Crippen molar-refractivity contribution in [2.75, 3.05) is 0 Å². The van der Waals surface area contributed by atoms with Crippen molar-refractivity contribution in [3.63, 3.8) is 0 Å². The number of rotatable bonds is 12. The van der Waals surface area contributed by atoms with E-state index >= 15 is 0 Å². The van der Waals surface area contributed by atoms with Gasteiger partial charge in [0.1, 0.15) is 26.7 Å². The standard InChI is InChI=1S/4C17H13FN.4Ir/c18-12-16-9-4-8-15(19-16)11-14-7-3-6-13-5-1-2-10-17(13)14;2*18-12-17-7-3-6-16(19-17)11-13-8-9-14-4-1-2-5-15(14)10-13;18-12-17-16-9-5-4-8-14(16)11-15(19-17)10-13-6-2-1-3-7-13;;;;/h1-6,8-10H,11-12H2;1-7,9-10H,11-12H2;1-9H,11-12H2;1-6,8-9,11H,10,12H2;;;;/q4*-1;;;;. The summed E-state index contributed by atoms with van der Waals surface area (Å²) in [5, 5.41) is 8.95. The Hall–Kier alpha value is -6.28. The number of pyridine rings is 4. The first-order valence-electron chi connectivity index (χ1n) is 25.0. The summed E-state index contributed by atoms with van der Waals surface area (Å²) in [5.41, 5.74) is 9.79. The van der Waals surface area contributed by atoms with Crippen molar-refractivity contribution in [3.8, 4) is 0 Å². The molecule has 412 valence electrons. The molecule has 12 aromatic rings. The van der Waals surface area contributed by atoms with E-state index in [0.29, 0.717) is 48.5 Å². The van der Waals surface area contributed by atoms with Crippen LogP contribution < -0.4 is 0 Å². The summed E-state index contributed by atoms with van der Waals surface area (Å²) >= 11 is 0. The van der Waals surface area contributed by atoms with E-state index in [-0.39, 0.29) is 80.4 Å². The average Bonchev–Trinajstić information content (AvgIpc) is 3.51. The van der Waals surface area contributed by atoms with Gasteiger partial charge in [-0.1, -0.05) is 91.0 Å². The van der Waals surface area contributed by atoms with Gasteiger partial charge in [-0.3, -0.25) is 19.9 Å². The van der Waals surface area contributed by atoms with Crippen molar-refractivity contribution < 1.29 is 98.0 Å². The number of hydrogen-bond donors (Lipinski definition) is 0.